The second-order valence-electron chi connectivity index (χ2n) is 4.33. The van der Waals surface area contributed by atoms with Crippen LogP contribution in [0.4, 0.5) is 8.78 Å². The summed E-state index contributed by atoms with van der Waals surface area (Å²) in [6.45, 7) is -1.51. The van der Waals surface area contributed by atoms with Crippen LogP contribution < -0.4 is 10.3 Å². The van der Waals surface area contributed by atoms with E-state index in [1.165, 1.54) is 12.1 Å². The normalized spacial score (nSPS) is 10.9. The summed E-state index contributed by atoms with van der Waals surface area (Å²) in [6.07, 6.45) is 0.184. The van der Waals surface area contributed by atoms with Gasteiger partial charge in [0.25, 0.3) is 5.56 Å². The molecule has 0 unspecified atom stereocenters. The fourth-order valence-electron chi connectivity index (χ4n) is 2.01. The number of rotatable bonds is 5. The minimum Gasteiger partial charge on any atom is -0.434 e. The van der Waals surface area contributed by atoms with Crippen LogP contribution in [-0.2, 0) is 6.42 Å². The number of aryl methyl sites for hydroxylation is 1. The van der Waals surface area contributed by atoms with Crippen molar-refractivity contribution in [2.45, 2.75) is 20.0 Å². The molecule has 0 amide bonds. The molecule has 0 aliphatic carbocycles. The van der Waals surface area contributed by atoms with Gasteiger partial charge in [-0.15, -0.1) is 0 Å². The molecule has 0 fully saturated rings. The molecule has 0 radical (unpaired) electrons. The summed E-state index contributed by atoms with van der Waals surface area (Å²) < 4.78 is 29.2. The summed E-state index contributed by atoms with van der Waals surface area (Å²) in [4.78, 5) is 18.7. The van der Waals surface area contributed by atoms with Gasteiger partial charge in [-0.2, -0.15) is 8.78 Å². The smallest absolute Gasteiger partial charge is 0.387 e. The van der Waals surface area contributed by atoms with E-state index in [9.17, 15) is 13.6 Å². The lowest BCUT2D eigenvalue weighted by atomic mass is 10.1. The Morgan fingerprint density at radius 2 is 2.10 bits per heavy atom. The molecule has 1 aromatic carbocycles. The Hall–Kier alpha value is -2.28. The summed E-state index contributed by atoms with van der Waals surface area (Å²) in [5, 5.41) is 8.91. The number of hydrogen-bond acceptors (Lipinski definition) is 4. The van der Waals surface area contributed by atoms with Gasteiger partial charge < -0.3 is 14.8 Å². The average Bonchev–Trinajstić information content (AvgIpc) is 2.42. The predicted molar refractivity (Wildman–Crippen MR) is 72.5 cm³/mol. The van der Waals surface area contributed by atoms with Crippen LogP contribution in [0.2, 0.25) is 0 Å². The maximum Gasteiger partial charge on any atom is 0.387 e. The van der Waals surface area contributed by atoms with Gasteiger partial charge in [0.2, 0.25) is 0 Å². The molecule has 0 saturated carbocycles. The molecule has 2 rings (SSSR count). The second kappa shape index (κ2) is 6.45. The zero-order valence-corrected chi connectivity index (χ0v) is 11.3. The van der Waals surface area contributed by atoms with E-state index in [2.05, 4.69) is 14.7 Å². The molecule has 2 aromatic rings. The van der Waals surface area contributed by atoms with Gasteiger partial charge in [0.05, 0.1) is 5.56 Å². The number of benzene rings is 1. The molecular weight excluding hydrogens is 282 g/mol. The number of aromatic amines is 1. The molecule has 0 saturated heterocycles. The molecule has 112 valence electrons. The number of alkyl halides is 2. The molecule has 0 aliphatic heterocycles. The molecule has 0 spiro atoms. The Bertz CT molecular complexity index is 686. The van der Waals surface area contributed by atoms with Crippen LogP contribution in [0, 0.1) is 6.92 Å². The summed E-state index contributed by atoms with van der Waals surface area (Å²) in [5.74, 6) is 0.0837. The van der Waals surface area contributed by atoms with Crippen LogP contribution in [0.1, 0.15) is 11.3 Å². The molecule has 5 nitrogen and oxygen atoms in total. The molecule has 0 aliphatic rings. The van der Waals surface area contributed by atoms with Crippen LogP contribution in [0.5, 0.6) is 5.75 Å². The van der Waals surface area contributed by atoms with Crippen molar-refractivity contribution in [3.05, 3.63) is 45.9 Å². The number of nitrogens with one attached hydrogen (secondary N) is 1. The largest absolute Gasteiger partial charge is 0.434 e. The third-order valence-corrected chi connectivity index (χ3v) is 2.94. The van der Waals surface area contributed by atoms with E-state index in [1.807, 2.05) is 0 Å². The zero-order valence-electron chi connectivity index (χ0n) is 11.3. The number of halogens is 2. The van der Waals surface area contributed by atoms with E-state index in [-0.39, 0.29) is 30.2 Å². The van der Waals surface area contributed by atoms with Gasteiger partial charge in [-0.05, 0) is 19.1 Å². The number of para-hydroxylation sites is 1. The van der Waals surface area contributed by atoms with E-state index < -0.39 is 12.2 Å². The fraction of sp³-hybridized carbons (Fsp3) is 0.286. The van der Waals surface area contributed by atoms with Crippen molar-refractivity contribution in [1.29, 1.82) is 0 Å². The molecule has 2 N–H and O–H groups in total. The molecule has 0 atom stereocenters. The van der Waals surface area contributed by atoms with E-state index in [0.29, 0.717) is 11.3 Å². The molecule has 7 heteroatoms. The maximum atomic E-state index is 12.4. The summed E-state index contributed by atoms with van der Waals surface area (Å²) >= 11 is 0. The number of aromatic nitrogens is 2. The molecular formula is C14H14F2N2O3. The van der Waals surface area contributed by atoms with Crippen LogP contribution in [-0.4, -0.2) is 28.3 Å². The Balaban J connectivity index is 2.50. The summed E-state index contributed by atoms with van der Waals surface area (Å²) in [6, 6.07) is 6.08. The Labute approximate surface area is 119 Å². The lowest BCUT2D eigenvalue weighted by molar-refractivity contribution is -0.0494. The minimum absolute atomic E-state index is 0.0649. The molecule has 1 heterocycles. The van der Waals surface area contributed by atoms with Crippen molar-refractivity contribution in [1.82, 2.24) is 9.97 Å². The van der Waals surface area contributed by atoms with E-state index >= 15 is 0 Å². The second-order valence-corrected chi connectivity index (χ2v) is 4.33. The highest BCUT2D eigenvalue weighted by Gasteiger charge is 2.14. The first-order chi connectivity index (χ1) is 10.0. The summed E-state index contributed by atoms with van der Waals surface area (Å²) in [7, 11) is 0. The Morgan fingerprint density at radius 1 is 1.38 bits per heavy atom. The number of aliphatic hydroxyl groups is 1. The van der Waals surface area contributed by atoms with Crippen molar-refractivity contribution in [3.63, 3.8) is 0 Å². The summed E-state index contributed by atoms with van der Waals surface area (Å²) in [5.41, 5.74) is 0.676. The van der Waals surface area contributed by atoms with Crippen LogP contribution in [0.3, 0.4) is 0 Å². The standard InChI is InChI=1S/C14H14F2N2O3/c1-8-9(6-7-19)13(20)18-12(17-8)10-4-2-3-5-11(10)21-14(15)16/h2-5,14,19H,6-7H2,1H3,(H,17,18,20). The van der Waals surface area contributed by atoms with Gasteiger partial charge in [-0.3, -0.25) is 4.79 Å². The first-order valence-electron chi connectivity index (χ1n) is 6.27. The number of ether oxygens (including phenoxy) is 1. The van der Waals surface area contributed by atoms with Gasteiger partial charge in [-0.25, -0.2) is 4.98 Å². The number of hydrogen-bond donors (Lipinski definition) is 2. The Kier molecular flexibility index (Phi) is 4.64. The number of nitrogens with zero attached hydrogens (tertiary/aromatic N) is 1. The quantitative estimate of drug-likeness (QED) is 0.883. The topological polar surface area (TPSA) is 75.2 Å². The van der Waals surface area contributed by atoms with Gasteiger partial charge >= 0.3 is 6.61 Å². The monoisotopic (exact) mass is 296 g/mol. The van der Waals surface area contributed by atoms with Crippen LogP contribution >= 0.6 is 0 Å². The highest BCUT2D eigenvalue weighted by Crippen LogP contribution is 2.28. The van der Waals surface area contributed by atoms with E-state index in [4.69, 9.17) is 5.11 Å². The van der Waals surface area contributed by atoms with Gasteiger partial charge in [0, 0.05) is 24.3 Å². The van der Waals surface area contributed by atoms with E-state index in [0.717, 1.165) is 0 Å². The highest BCUT2D eigenvalue weighted by atomic mass is 19.3. The number of aliphatic hydroxyl groups excluding tert-OH is 1. The first kappa shape index (κ1) is 15.1. The van der Waals surface area contributed by atoms with Crippen molar-refractivity contribution in [3.8, 4) is 17.1 Å². The maximum absolute atomic E-state index is 12.4. The SMILES string of the molecule is Cc1nc(-c2ccccc2OC(F)F)[nH]c(=O)c1CCO. The minimum atomic E-state index is -2.97. The number of H-pyrrole nitrogens is 1. The molecule has 0 bridgehead atoms. The predicted octanol–water partition coefficient (Wildman–Crippen LogP) is 1.88. The van der Waals surface area contributed by atoms with Crippen molar-refractivity contribution >= 4 is 0 Å². The van der Waals surface area contributed by atoms with Crippen molar-refractivity contribution in [2.75, 3.05) is 6.61 Å². The third kappa shape index (κ3) is 3.43. The van der Waals surface area contributed by atoms with Gasteiger partial charge in [0.1, 0.15) is 11.6 Å². The van der Waals surface area contributed by atoms with Gasteiger partial charge in [0.15, 0.2) is 0 Å². The third-order valence-electron chi connectivity index (χ3n) is 2.94. The van der Waals surface area contributed by atoms with Crippen LogP contribution in [0.25, 0.3) is 11.4 Å². The average molecular weight is 296 g/mol. The van der Waals surface area contributed by atoms with Crippen LogP contribution in [0.15, 0.2) is 29.1 Å². The van der Waals surface area contributed by atoms with Crippen molar-refractivity contribution < 1.29 is 18.6 Å². The molecule has 1 aromatic heterocycles. The van der Waals surface area contributed by atoms with E-state index in [1.54, 1.807) is 19.1 Å². The molecule has 21 heavy (non-hydrogen) atoms. The zero-order chi connectivity index (χ0) is 15.4. The lowest BCUT2D eigenvalue weighted by Crippen LogP contribution is -2.18. The Morgan fingerprint density at radius 3 is 2.71 bits per heavy atom. The highest BCUT2D eigenvalue weighted by molar-refractivity contribution is 5.64. The first-order valence-corrected chi connectivity index (χ1v) is 6.27. The fourth-order valence-corrected chi connectivity index (χ4v) is 2.01. The lowest BCUT2D eigenvalue weighted by Gasteiger charge is -2.11. The van der Waals surface area contributed by atoms with Gasteiger partial charge in [-0.1, -0.05) is 12.1 Å². The van der Waals surface area contributed by atoms with Crippen molar-refractivity contribution in [2.24, 2.45) is 0 Å².